The normalized spacial score (nSPS) is 14.3. The van der Waals surface area contributed by atoms with Crippen molar-refractivity contribution in [2.45, 2.75) is 192 Å². The van der Waals surface area contributed by atoms with Crippen LogP contribution in [0.4, 0.5) is 9.59 Å². The van der Waals surface area contributed by atoms with Crippen molar-refractivity contribution >= 4 is 35.9 Å². The van der Waals surface area contributed by atoms with Crippen LogP contribution in [0.1, 0.15) is 152 Å². The van der Waals surface area contributed by atoms with Crippen molar-refractivity contribution < 1.29 is 43.3 Å². The van der Waals surface area contributed by atoms with E-state index < -0.39 is 29.3 Å². The monoisotopic (exact) mass is 1270 g/mol. The third kappa shape index (κ3) is 29.4. The van der Waals surface area contributed by atoms with Gasteiger partial charge in [-0.05, 0) is 196 Å². The van der Waals surface area contributed by atoms with E-state index in [2.05, 4.69) is 123 Å². The third-order valence-corrected chi connectivity index (χ3v) is 16.5. The molecule has 2 aromatic heterocycles. The number of carboxylic acids is 1. The summed E-state index contributed by atoms with van der Waals surface area (Å²) in [5, 5.41) is 18.4. The van der Waals surface area contributed by atoms with Crippen LogP contribution in [0.5, 0.6) is 0 Å². The molecule has 0 aliphatic carbocycles. The minimum atomic E-state index is -0.774. The number of carbonyl (C=O) groups is 6. The second-order valence-electron chi connectivity index (χ2n) is 26.5. The van der Waals surface area contributed by atoms with Crippen LogP contribution in [0.2, 0.25) is 0 Å². The van der Waals surface area contributed by atoms with E-state index in [4.69, 9.17) is 20.3 Å². The van der Waals surface area contributed by atoms with Gasteiger partial charge in [0.1, 0.15) is 17.2 Å². The highest BCUT2D eigenvalue weighted by atomic mass is 16.6. The van der Waals surface area contributed by atoms with Crippen LogP contribution in [0.25, 0.3) is 0 Å². The Labute approximate surface area is 552 Å². The minimum absolute atomic E-state index is 0.00899. The van der Waals surface area contributed by atoms with Gasteiger partial charge in [-0.3, -0.25) is 29.1 Å². The van der Waals surface area contributed by atoms with Gasteiger partial charge in [0.05, 0.1) is 12.0 Å². The summed E-state index contributed by atoms with van der Waals surface area (Å²) in [6.07, 6.45) is 20.7. The molecule has 8 rings (SSSR count). The number of likely N-dealkylation sites (tertiary alicyclic amines) is 2. The maximum absolute atomic E-state index is 13.9. The average Bonchev–Trinajstić information content (AvgIpc) is 1.46. The first-order chi connectivity index (χ1) is 44.7. The number of ether oxygens (including phenoxy) is 2. The molecule has 0 spiro atoms. The molecule has 0 unspecified atom stereocenters. The first-order valence-corrected chi connectivity index (χ1v) is 33.4. The van der Waals surface area contributed by atoms with E-state index >= 15 is 0 Å². The van der Waals surface area contributed by atoms with Crippen molar-refractivity contribution in [3.63, 3.8) is 0 Å². The zero-order chi connectivity index (χ0) is 66.9. The predicted octanol–water partition coefficient (Wildman–Crippen LogP) is 12.5. The Kier molecular flexibility index (Phi) is 31.0. The van der Waals surface area contributed by atoms with Crippen molar-refractivity contribution in [1.82, 2.24) is 35.7 Å². The number of benzene rings is 4. The number of carboxylic acid groups (broad SMARTS) is 1. The second-order valence-corrected chi connectivity index (χ2v) is 26.5. The molecule has 17 heteroatoms. The summed E-state index contributed by atoms with van der Waals surface area (Å²) in [6, 6.07) is 48.3. The molecule has 5 amide bonds. The molecule has 0 radical (unpaired) electrons. The number of aliphatic carboxylic acids is 1. The SMILES string of the molecule is CC(C)(C)OC(=O)N1CCC(C(=O)N[C@@H](Cc2cccnc2)C(=O)NC(CCCc2ccccc2)CCCc2ccccc2)CC1.CC(C)(C)OC(=O)N1CCC(C(=O)O)CC1.N[C@@H](Cc1cccnc1)C(=O)NC(CCCc1ccccc1)CCCc1ccccc1. The number of aryl methyl sites for hydroxylation is 4. The fourth-order valence-corrected chi connectivity index (χ4v) is 11.4. The molecule has 0 bridgehead atoms. The van der Waals surface area contributed by atoms with Gasteiger partial charge in [-0.15, -0.1) is 0 Å². The van der Waals surface area contributed by atoms with E-state index in [9.17, 15) is 28.8 Å². The van der Waals surface area contributed by atoms with Gasteiger partial charge in [0.25, 0.3) is 0 Å². The van der Waals surface area contributed by atoms with E-state index in [0.717, 1.165) is 88.2 Å². The molecule has 2 aliphatic heterocycles. The van der Waals surface area contributed by atoms with Crippen LogP contribution in [0.3, 0.4) is 0 Å². The number of nitrogens with zero attached hydrogens (tertiary/aromatic N) is 4. The Morgan fingerprint density at radius 2 is 0.806 bits per heavy atom. The van der Waals surface area contributed by atoms with Crippen molar-refractivity contribution in [2.75, 3.05) is 26.2 Å². The molecule has 2 fully saturated rings. The lowest BCUT2D eigenvalue weighted by Gasteiger charge is -2.33. The first kappa shape index (κ1) is 73.6. The summed E-state index contributed by atoms with van der Waals surface area (Å²) in [7, 11) is 0. The topological polar surface area (TPSA) is 235 Å². The van der Waals surface area contributed by atoms with Gasteiger partial charge in [0, 0.05) is 75.4 Å². The number of nitrogens with two attached hydrogens (primary N) is 1. The van der Waals surface area contributed by atoms with Gasteiger partial charge in [0.15, 0.2) is 0 Å². The van der Waals surface area contributed by atoms with Gasteiger partial charge in [-0.1, -0.05) is 133 Å². The number of aromatic nitrogens is 2. The molecule has 2 saturated heterocycles. The van der Waals surface area contributed by atoms with Crippen molar-refractivity contribution in [2.24, 2.45) is 17.6 Å². The van der Waals surface area contributed by atoms with Gasteiger partial charge < -0.3 is 46.1 Å². The van der Waals surface area contributed by atoms with Gasteiger partial charge >= 0.3 is 18.2 Å². The first-order valence-electron chi connectivity index (χ1n) is 33.4. The predicted molar refractivity (Wildman–Crippen MR) is 366 cm³/mol. The smallest absolute Gasteiger partial charge is 0.410 e. The van der Waals surface area contributed by atoms with Crippen LogP contribution in [-0.4, -0.2) is 122 Å². The lowest BCUT2D eigenvalue weighted by Crippen LogP contribution is -2.53. The number of carbonyl (C=O) groups excluding carboxylic acids is 5. The second kappa shape index (κ2) is 39.2. The Bertz CT molecular complexity index is 3030. The summed E-state index contributed by atoms with van der Waals surface area (Å²) < 4.78 is 10.7. The maximum atomic E-state index is 13.9. The Hall–Kier alpha value is -8.44. The molecular weight excluding hydrogens is 1170 g/mol. The molecule has 93 heavy (non-hydrogen) atoms. The van der Waals surface area contributed by atoms with Crippen LogP contribution >= 0.6 is 0 Å². The molecule has 2 aliphatic rings. The minimum Gasteiger partial charge on any atom is -0.481 e. The number of nitrogens with one attached hydrogen (secondary N) is 3. The van der Waals surface area contributed by atoms with Gasteiger partial charge in [0.2, 0.25) is 17.7 Å². The van der Waals surface area contributed by atoms with Gasteiger partial charge in [-0.2, -0.15) is 0 Å². The van der Waals surface area contributed by atoms with E-state index in [0.29, 0.717) is 64.7 Å². The van der Waals surface area contributed by atoms with Crippen LogP contribution in [0, 0.1) is 11.8 Å². The third-order valence-electron chi connectivity index (χ3n) is 16.5. The molecular formula is C76H102N8O9. The molecule has 6 aromatic rings. The fraction of sp³-hybridized carbons (Fsp3) is 0.474. The lowest BCUT2D eigenvalue weighted by atomic mass is 9.95. The number of hydrogen-bond donors (Lipinski definition) is 5. The highest BCUT2D eigenvalue weighted by molar-refractivity contribution is 5.89. The number of rotatable bonds is 27. The highest BCUT2D eigenvalue weighted by Crippen LogP contribution is 2.23. The molecule has 2 atom stereocenters. The summed E-state index contributed by atoms with van der Waals surface area (Å²) in [5.74, 6) is -1.78. The van der Waals surface area contributed by atoms with E-state index in [-0.39, 0.29) is 53.8 Å². The van der Waals surface area contributed by atoms with E-state index in [1.54, 1.807) is 34.6 Å². The largest absolute Gasteiger partial charge is 0.481 e. The Balaban J connectivity index is 0.000000250. The molecule has 500 valence electrons. The van der Waals surface area contributed by atoms with Crippen LogP contribution in [-0.2, 0) is 67.2 Å². The number of amides is 5. The van der Waals surface area contributed by atoms with E-state index in [1.165, 1.54) is 22.3 Å². The summed E-state index contributed by atoms with van der Waals surface area (Å²) in [4.78, 5) is 86.6. The summed E-state index contributed by atoms with van der Waals surface area (Å²) in [5.41, 5.74) is 12.2. The quantitative estimate of drug-likeness (QED) is 0.0324. The van der Waals surface area contributed by atoms with Gasteiger partial charge in [-0.25, -0.2) is 9.59 Å². The molecule has 4 aromatic carbocycles. The summed E-state index contributed by atoms with van der Waals surface area (Å²) >= 11 is 0. The maximum Gasteiger partial charge on any atom is 0.410 e. The standard InChI is InChI=1S/C38H50N4O4.C27H33N3O.C11H19NO4/c1-38(2,3)46-37(45)42-25-22-32(23-26-42)35(43)41-34(27-31-19-12-24-39-28-31)36(44)40-33(20-10-17-29-13-6-4-7-14-29)21-11-18-30-15-8-5-9-16-30;28-26(20-24-16-9-19-29-21-24)27(31)30-25(17-7-14-22-10-3-1-4-11-22)18-8-15-23-12-5-2-6-13-23;1-11(2,3)16-10(15)12-6-4-8(5-7-12)9(13)14/h4-9,12-16,19,24,28,32-34H,10-11,17-18,20-23,25-27H2,1-3H3,(H,40,44)(H,41,43);1-6,9-13,16,19,21,25-26H,7-8,14-15,17-18,20,28H2,(H,30,31);8H,4-7H2,1-3H3,(H,13,14)/t34-;26-;/m00./s1. The number of pyridine rings is 2. The molecule has 0 saturated carbocycles. The zero-order valence-corrected chi connectivity index (χ0v) is 55.8. The molecule has 4 heterocycles. The van der Waals surface area contributed by atoms with Crippen molar-refractivity contribution in [3.8, 4) is 0 Å². The molecule has 6 N–H and O–H groups in total. The van der Waals surface area contributed by atoms with Crippen molar-refractivity contribution in [3.05, 3.63) is 204 Å². The Morgan fingerprint density at radius 3 is 1.14 bits per heavy atom. The number of hydrogen-bond acceptors (Lipinski definition) is 11. The van der Waals surface area contributed by atoms with Crippen LogP contribution < -0.4 is 21.7 Å². The lowest BCUT2D eigenvalue weighted by molar-refractivity contribution is -0.143. The Morgan fingerprint density at radius 1 is 0.473 bits per heavy atom. The number of piperidine rings is 2. The highest BCUT2D eigenvalue weighted by Gasteiger charge is 2.33. The zero-order valence-electron chi connectivity index (χ0n) is 55.8. The summed E-state index contributed by atoms with van der Waals surface area (Å²) in [6.45, 7) is 12.8. The van der Waals surface area contributed by atoms with E-state index in [1.807, 2.05) is 90.1 Å². The fourth-order valence-electron chi connectivity index (χ4n) is 11.4. The molecule has 17 nitrogen and oxygen atoms in total. The van der Waals surface area contributed by atoms with Crippen molar-refractivity contribution in [1.29, 1.82) is 0 Å². The average molecular weight is 1270 g/mol. The van der Waals surface area contributed by atoms with Crippen LogP contribution in [0.15, 0.2) is 170 Å².